The Labute approximate surface area is 397 Å². The van der Waals surface area contributed by atoms with E-state index in [-0.39, 0.29) is 64.7 Å². The number of nitrogens with zero attached hydrogens (tertiary/aromatic N) is 4. The van der Waals surface area contributed by atoms with Gasteiger partial charge in [-0.05, 0) is 99.5 Å². The van der Waals surface area contributed by atoms with Gasteiger partial charge in [0.05, 0.1) is 43.5 Å². The van der Waals surface area contributed by atoms with Crippen LogP contribution in [-0.4, -0.2) is 47.3 Å². The summed E-state index contributed by atoms with van der Waals surface area (Å²) in [6.07, 6.45) is 0. The van der Waals surface area contributed by atoms with Crippen molar-refractivity contribution in [2.45, 2.75) is 50.5 Å². The number of amides is 4. The Hall–Kier alpha value is -5.74. The molecule has 5 rings (SSSR count). The van der Waals surface area contributed by atoms with Gasteiger partial charge in [-0.1, -0.05) is 82.8 Å². The van der Waals surface area contributed by atoms with Crippen molar-refractivity contribution in [2.24, 2.45) is 20.5 Å². The molecule has 4 atom stereocenters. The van der Waals surface area contributed by atoms with E-state index in [2.05, 4.69) is 41.7 Å². The minimum absolute atomic E-state index is 0.0615. The summed E-state index contributed by atoms with van der Waals surface area (Å²) in [4.78, 5) is 78.1. The number of Topliss-reactive ketones (excluding diaryl/α,β-unsaturated/α-hetero) is 2. The number of alkyl halides is 2. The van der Waals surface area contributed by atoms with Crippen LogP contribution in [0, 0.1) is 0 Å². The standard InChI is InChI=1S/C44H36Cl6N8O6/c1-21(45)31-9-5-7-11-33(31)51-41(61)25-15-27(47)19-29(17-25)55-57-39(23(3)59)43(63)53-35-13-14-36(38(50)37(35)49)54-44(64)40(24(4)60)58-56-30-18-26(16-28(48)20-30)42(62)52-34-12-8-6-10-32(34)22(2)46/h5-22,39-40H,1-4H3,(H,51,61)(H,52,62)(H,53,63)(H,54,64). The minimum atomic E-state index is -1.68. The minimum Gasteiger partial charge on any atom is -0.322 e. The molecule has 20 heteroatoms. The summed E-state index contributed by atoms with van der Waals surface area (Å²) < 4.78 is 0. The van der Waals surface area contributed by atoms with Crippen LogP contribution in [0.3, 0.4) is 0 Å². The first kappa shape index (κ1) is 49.3. The zero-order chi connectivity index (χ0) is 46.8. The Bertz CT molecular complexity index is 2530. The summed E-state index contributed by atoms with van der Waals surface area (Å²) in [6.45, 7) is 5.78. The molecule has 0 saturated heterocycles. The van der Waals surface area contributed by atoms with Gasteiger partial charge in [0.15, 0.2) is 11.6 Å². The molecular weight excluding hydrogens is 949 g/mol. The van der Waals surface area contributed by atoms with Crippen LogP contribution < -0.4 is 21.3 Å². The Morgan fingerprint density at radius 3 is 1.19 bits per heavy atom. The summed E-state index contributed by atoms with van der Waals surface area (Å²) in [5, 5.41) is 25.4. The van der Waals surface area contributed by atoms with Crippen LogP contribution in [0.25, 0.3) is 0 Å². The maximum absolute atomic E-state index is 13.3. The van der Waals surface area contributed by atoms with E-state index in [1.807, 2.05) is 0 Å². The average molecular weight is 986 g/mol. The number of para-hydroxylation sites is 2. The molecule has 0 radical (unpaired) electrons. The highest BCUT2D eigenvalue weighted by atomic mass is 35.5. The van der Waals surface area contributed by atoms with Crippen molar-refractivity contribution < 1.29 is 28.8 Å². The molecule has 0 saturated carbocycles. The fourth-order valence-electron chi connectivity index (χ4n) is 5.86. The van der Waals surface area contributed by atoms with Crippen molar-refractivity contribution in [3.63, 3.8) is 0 Å². The lowest BCUT2D eigenvalue weighted by atomic mass is 10.1. The van der Waals surface area contributed by atoms with Crippen molar-refractivity contribution in [1.82, 2.24) is 0 Å². The van der Waals surface area contributed by atoms with Gasteiger partial charge >= 0.3 is 0 Å². The van der Waals surface area contributed by atoms with Crippen LogP contribution in [-0.2, 0) is 19.2 Å². The molecule has 0 aliphatic heterocycles. The van der Waals surface area contributed by atoms with Gasteiger partial charge in [0.2, 0.25) is 12.1 Å². The van der Waals surface area contributed by atoms with Gasteiger partial charge in [-0.2, -0.15) is 20.5 Å². The number of halogens is 6. The highest BCUT2D eigenvalue weighted by Gasteiger charge is 2.27. The van der Waals surface area contributed by atoms with Gasteiger partial charge < -0.3 is 21.3 Å². The van der Waals surface area contributed by atoms with Crippen LogP contribution in [0.4, 0.5) is 34.1 Å². The second-order valence-electron chi connectivity index (χ2n) is 13.9. The summed E-state index contributed by atoms with van der Waals surface area (Å²) in [5.74, 6) is -4.30. The van der Waals surface area contributed by atoms with Crippen LogP contribution in [0.15, 0.2) is 118 Å². The van der Waals surface area contributed by atoms with E-state index in [1.54, 1.807) is 62.4 Å². The molecular formula is C44H36Cl6N8O6. The number of hydrogen-bond acceptors (Lipinski definition) is 10. The van der Waals surface area contributed by atoms with Crippen LogP contribution in [0.5, 0.6) is 0 Å². The topological polar surface area (TPSA) is 200 Å². The normalized spacial score (nSPS) is 13.2. The summed E-state index contributed by atoms with van der Waals surface area (Å²) in [6, 6.07) is 21.6. The second-order valence-corrected chi connectivity index (χ2v) is 16.9. The molecule has 0 heterocycles. The number of carbonyl (C=O) groups is 6. The first-order valence-corrected chi connectivity index (χ1v) is 21.3. The lowest BCUT2D eigenvalue weighted by molar-refractivity contribution is -0.127. The largest absolute Gasteiger partial charge is 0.322 e. The van der Waals surface area contributed by atoms with E-state index in [1.165, 1.54) is 48.5 Å². The molecule has 4 unspecified atom stereocenters. The molecule has 64 heavy (non-hydrogen) atoms. The molecule has 0 spiro atoms. The van der Waals surface area contributed by atoms with Gasteiger partial charge in [-0.25, -0.2) is 0 Å². The summed E-state index contributed by atoms with van der Waals surface area (Å²) in [5.41, 5.74) is 2.64. The van der Waals surface area contributed by atoms with Crippen LogP contribution in [0.1, 0.15) is 70.3 Å². The zero-order valence-electron chi connectivity index (χ0n) is 34.1. The molecule has 0 aliphatic rings. The van der Waals surface area contributed by atoms with Crippen molar-refractivity contribution in [1.29, 1.82) is 0 Å². The summed E-state index contributed by atoms with van der Waals surface area (Å²) in [7, 11) is 0. The Morgan fingerprint density at radius 2 is 0.844 bits per heavy atom. The molecule has 0 aromatic heterocycles. The SMILES string of the molecule is CC(=O)C(N=Nc1cc(Cl)cc(C(=O)Nc2ccccc2C(C)Cl)c1)C(=O)Nc1ccc(NC(=O)C(N=Nc2cc(Cl)cc(C(=O)Nc3ccccc3C(C)Cl)c2)C(C)=O)c(Cl)c1Cl. The summed E-state index contributed by atoms with van der Waals surface area (Å²) >= 11 is 38.1. The molecule has 330 valence electrons. The average Bonchev–Trinajstić information content (AvgIpc) is 3.23. The van der Waals surface area contributed by atoms with E-state index >= 15 is 0 Å². The van der Waals surface area contributed by atoms with Gasteiger partial charge in [0.1, 0.15) is 0 Å². The molecule has 5 aromatic rings. The van der Waals surface area contributed by atoms with E-state index in [0.717, 1.165) is 13.8 Å². The third-order valence-electron chi connectivity index (χ3n) is 9.01. The van der Waals surface area contributed by atoms with Crippen molar-refractivity contribution >= 4 is 139 Å². The van der Waals surface area contributed by atoms with Gasteiger partial charge in [-0.15, -0.1) is 23.2 Å². The number of carbonyl (C=O) groups excluding carboxylic acids is 6. The fraction of sp³-hybridized carbons (Fsp3) is 0.182. The quantitative estimate of drug-likeness (QED) is 0.0430. The Balaban J connectivity index is 1.27. The highest BCUT2D eigenvalue weighted by molar-refractivity contribution is 6.46. The monoisotopic (exact) mass is 982 g/mol. The fourth-order valence-corrected chi connectivity index (χ4v) is 7.12. The van der Waals surface area contributed by atoms with Crippen molar-refractivity contribution in [3.8, 4) is 0 Å². The van der Waals surface area contributed by atoms with Gasteiger partial charge in [-0.3, -0.25) is 28.8 Å². The third kappa shape index (κ3) is 12.9. The van der Waals surface area contributed by atoms with E-state index in [0.29, 0.717) is 22.5 Å². The Kier molecular flexibility index (Phi) is 17.1. The molecule has 4 amide bonds. The molecule has 0 fully saturated rings. The number of benzene rings is 5. The number of rotatable bonds is 16. The first-order chi connectivity index (χ1) is 30.3. The van der Waals surface area contributed by atoms with Crippen LogP contribution >= 0.6 is 69.6 Å². The van der Waals surface area contributed by atoms with Crippen molar-refractivity contribution in [2.75, 3.05) is 21.3 Å². The number of nitrogens with one attached hydrogen (secondary N) is 4. The molecule has 0 bridgehead atoms. The zero-order valence-corrected chi connectivity index (χ0v) is 38.6. The predicted molar refractivity (Wildman–Crippen MR) is 252 cm³/mol. The van der Waals surface area contributed by atoms with E-state index < -0.39 is 47.3 Å². The van der Waals surface area contributed by atoms with Crippen LogP contribution in [0.2, 0.25) is 20.1 Å². The number of anilines is 4. The van der Waals surface area contributed by atoms with E-state index in [9.17, 15) is 28.8 Å². The highest BCUT2D eigenvalue weighted by Crippen LogP contribution is 2.37. The Morgan fingerprint density at radius 1 is 0.484 bits per heavy atom. The van der Waals surface area contributed by atoms with Gasteiger partial charge in [0, 0.05) is 32.5 Å². The van der Waals surface area contributed by atoms with Crippen molar-refractivity contribution in [3.05, 3.63) is 139 Å². The number of ketones is 2. The third-order valence-corrected chi connectivity index (χ3v) is 10.8. The van der Waals surface area contributed by atoms with Gasteiger partial charge in [0.25, 0.3) is 23.6 Å². The lowest BCUT2D eigenvalue weighted by Crippen LogP contribution is -2.32. The molecule has 14 nitrogen and oxygen atoms in total. The maximum atomic E-state index is 13.3. The predicted octanol–water partition coefficient (Wildman–Crippen LogP) is 12.8. The second kappa shape index (κ2) is 22.2. The number of hydrogen-bond donors (Lipinski definition) is 4. The maximum Gasteiger partial charge on any atom is 0.258 e. The molecule has 4 N–H and O–H groups in total. The van der Waals surface area contributed by atoms with E-state index in [4.69, 9.17) is 69.6 Å². The smallest absolute Gasteiger partial charge is 0.258 e. The molecule has 0 aliphatic carbocycles. The number of azo groups is 2. The first-order valence-electron chi connectivity index (χ1n) is 18.9. The molecule has 5 aromatic carbocycles. The lowest BCUT2D eigenvalue weighted by Gasteiger charge is -2.15.